The maximum absolute atomic E-state index is 8.89. The van der Waals surface area contributed by atoms with Gasteiger partial charge in [0.25, 0.3) is 0 Å². The average molecular weight is 205 g/mol. The van der Waals surface area contributed by atoms with E-state index in [0.717, 1.165) is 20.0 Å². The fourth-order valence-corrected chi connectivity index (χ4v) is 0. The van der Waals surface area contributed by atoms with Gasteiger partial charge >= 0.3 is 0 Å². The van der Waals surface area contributed by atoms with E-state index < -0.39 is 5.97 Å². The molecule has 0 saturated heterocycles. The number of hydrogen-bond donors (Lipinski definition) is 2. The SMILES string of the molecule is CC(=O)[O-].CC[NH3+].CC[NH3+].O.[Cl-]. The molecule has 0 aromatic heterocycles. The predicted molar refractivity (Wildman–Crippen MR) is 41.2 cm³/mol. The Hall–Kier alpha value is -0.360. The number of carbonyl (C=O) groups excluding carboxylic acids is 1. The fourth-order valence-electron chi connectivity index (χ4n) is 0. The lowest BCUT2D eigenvalue weighted by Gasteiger charge is -1.77. The fraction of sp³-hybridized carbons (Fsp3) is 0.833. The second-order valence-corrected chi connectivity index (χ2v) is 1.49. The van der Waals surface area contributed by atoms with Gasteiger partial charge in [0.2, 0.25) is 0 Å². The number of carboxylic acid groups (broad SMARTS) is 1. The molecule has 8 N–H and O–H groups in total. The minimum atomic E-state index is -1.08. The highest BCUT2D eigenvalue weighted by Crippen LogP contribution is 1.31. The van der Waals surface area contributed by atoms with Crippen LogP contribution >= 0.6 is 0 Å². The molecule has 0 aliphatic rings. The molecule has 0 aliphatic carbocycles. The van der Waals surface area contributed by atoms with Crippen LogP contribution in [0.2, 0.25) is 0 Å². The summed E-state index contributed by atoms with van der Waals surface area (Å²) in [5.74, 6) is -1.08. The first-order valence-corrected chi connectivity index (χ1v) is 3.32. The highest BCUT2D eigenvalue weighted by Gasteiger charge is 1.46. The molecule has 0 bridgehead atoms. The third-order valence-electron chi connectivity index (χ3n) is 0. The van der Waals surface area contributed by atoms with Crippen molar-refractivity contribution in [3.05, 3.63) is 0 Å². The van der Waals surface area contributed by atoms with Crippen molar-refractivity contribution >= 4 is 5.97 Å². The number of carbonyl (C=O) groups is 1. The van der Waals surface area contributed by atoms with Crippen LogP contribution in [-0.4, -0.2) is 24.5 Å². The monoisotopic (exact) mass is 204 g/mol. The molecule has 0 aromatic rings. The van der Waals surface area contributed by atoms with Gasteiger partial charge in [-0.2, -0.15) is 0 Å². The summed E-state index contributed by atoms with van der Waals surface area (Å²) in [5, 5.41) is 8.89. The number of rotatable bonds is 0. The number of quaternary nitrogens is 2. The van der Waals surface area contributed by atoms with Crippen molar-refractivity contribution in [3.8, 4) is 0 Å². The summed E-state index contributed by atoms with van der Waals surface area (Å²) >= 11 is 0. The zero-order chi connectivity index (χ0) is 8.99. The Balaban J connectivity index is -0.0000000191. The topological polar surface area (TPSA) is 127 Å². The van der Waals surface area contributed by atoms with Crippen LogP contribution in [0.15, 0.2) is 0 Å². The van der Waals surface area contributed by atoms with E-state index in [0.29, 0.717) is 0 Å². The van der Waals surface area contributed by atoms with E-state index in [9.17, 15) is 0 Å². The molecule has 0 rings (SSSR count). The molecule has 6 heteroatoms. The van der Waals surface area contributed by atoms with E-state index in [-0.39, 0.29) is 17.9 Å². The van der Waals surface area contributed by atoms with Crippen molar-refractivity contribution < 1.29 is 39.3 Å². The van der Waals surface area contributed by atoms with Gasteiger partial charge in [-0.3, -0.25) is 0 Å². The molecule has 0 saturated carbocycles. The molecule has 5 nitrogen and oxygen atoms in total. The second-order valence-electron chi connectivity index (χ2n) is 1.49. The Labute approximate surface area is 79.8 Å². The first-order chi connectivity index (χ1) is 4.56. The third kappa shape index (κ3) is 5550. The molecule has 0 aromatic carbocycles. The zero-order valence-corrected chi connectivity index (χ0v) is 8.78. The number of hydrogen-bond acceptors (Lipinski definition) is 2. The molecule has 0 radical (unpaired) electrons. The van der Waals surface area contributed by atoms with E-state index >= 15 is 0 Å². The predicted octanol–water partition coefficient (Wildman–Crippen LogP) is -6.57. The summed E-state index contributed by atoms with van der Waals surface area (Å²) in [6, 6.07) is 0. The molecule has 0 heterocycles. The molecule has 0 amide bonds. The normalized spacial score (nSPS) is 5.08. The lowest BCUT2D eigenvalue weighted by atomic mass is 10.8. The molecule has 0 spiro atoms. The third-order valence-corrected chi connectivity index (χ3v) is 0. The summed E-state index contributed by atoms with van der Waals surface area (Å²) in [4.78, 5) is 8.89. The van der Waals surface area contributed by atoms with Crippen LogP contribution in [0.3, 0.4) is 0 Å². The molecule has 0 fully saturated rings. The lowest BCUT2D eigenvalue weighted by molar-refractivity contribution is -0.362. The second kappa shape index (κ2) is 45.9. The van der Waals surface area contributed by atoms with E-state index in [4.69, 9.17) is 9.90 Å². The van der Waals surface area contributed by atoms with Gasteiger partial charge in [-0.15, -0.1) is 0 Å². The molecule has 0 atom stereocenters. The van der Waals surface area contributed by atoms with E-state index in [1.807, 2.05) is 13.8 Å². The van der Waals surface area contributed by atoms with Crippen molar-refractivity contribution in [3.63, 3.8) is 0 Å². The van der Waals surface area contributed by atoms with Gasteiger partial charge in [-0.05, 0) is 20.8 Å². The summed E-state index contributed by atoms with van der Waals surface area (Å²) in [7, 11) is 0. The van der Waals surface area contributed by atoms with Gasteiger partial charge in [0, 0.05) is 5.97 Å². The van der Waals surface area contributed by atoms with Gasteiger partial charge in [0.1, 0.15) is 0 Å². The maximum atomic E-state index is 8.89. The van der Waals surface area contributed by atoms with Crippen LogP contribution in [0.1, 0.15) is 20.8 Å². The molecular weight excluding hydrogens is 184 g/mol. The van der Waals surface area contributed by atoms with E-state index in [2.05, 4.69) is 11.5 Å². The summed E-state index contributed by atoms with van der Waals surface area (Å²) < 4.78 is 0. The van der Waals surface area contributed by atoms with Crippen LogP contribution < -0.4 is 29.0 Å². The van der Waals surface area contributed by atoms with Crippen molar-refractivity contribution in [2.75, 3.05) is 13.1 Å². The van der Waals surface area contributed by atoms with Gasteiger partial charge in [-0.1, -0.05) is 0 Å². The standard InChI is InChI=1S/2C2H7N.C2H4O2.ClH.H2O/c2*1-2-3;1-2(3)4;;/h2*2-3H2,1H3;1H3,(H,3,4);1H;1H2. The van der Waals surface area contributed by atoms with Crippen LogP contribution in [0.4, 0.5) is 0 Å². The van der Waals surface area contributed by atoms with E-state index in [1.54, 1.807) is 0 Å². The smallest absolute Gasteiger partial charge is 0.0711 e. The van der Waals surface area contributed by atoms with Crippen LogP contribution in [-0.2, 0) is 4.79 Å². The first kappa shape index (κ1) is 29.9. The summed E-state index contributed by atoms with van der Waals surface area (Å²) in [5.41, 5.74) is 6.97. The van der Waals surface area contributed by atoms with Gasteiger partial charge in [0.15, 0.2) is 0 Å². The Bertz CT molecular complexity index is 58.8. The Morgan fingerprint density at radius 3 is 1.25 bits per heavy atom. The van der Waals surface area contributed by atoms with Crippen molar-refractivity contribution in [2.45, 2.75) is 20.8 Å². The quantitative estimate of drug-likeness (QED) is 0.407. The highest BCUT2D eigenvalue weighted by atomic mass is 35.5. The molecule has 0 aliphatic heterocycles. The Morgan fingerprint density at radius 1 is 1.25 bits per heavy atom. The van der Waals surface area contributed by atoms with Crippen molar-refractivity contribution in [2.24, 2.45) is 0 Å². The van der Waals surface area contributed by atoms with E-state index in [1.165, 1.54) is 0 Å². The summed E-state index contributed by atoms with van der Waals surface area (Å²) in [6.07, 6.45) is 0. The lowest BCUT2D eigenvalue weighted by Crippen LogP contribution is -3.00. The highest BCUT2D eigenvalue weighted by molar-refractivity contribution is 5.60. The minimum absolute atomic E-state index is 0. The van der Waals surface area contributed by atoms with Crippen molar-refractivity contribution in [1.29, 1.82) is 0 Å². The van der Waals surface area contributed by atoms with Crippen LogP contribution in [0.5, 0.6) is 0 Å². The van der Waals surface area contributed by atoms with Gasteiger partial charge in [0.05, 0.1) is 13.1 Å². The Morgan fingerprint density at radius 2 is 1.25 bits per heavy atom. The molecule has 80 valence electrons. The largest absolute Gasteiger partial charge is 1.00 e. The van der Waals surface area contributed by atoms with Gasteiger partial charge in [-0.25, -0.2) is 0 Å². The minimum Gasteiger partial charge on any atom is -1.00 e. The molecule has 0 unspecified atom stereocenters. The number of aliphatic carboxylic acids is 1. The summed E-state index contributed by atoms with van der Waals surface area (Å²) in [6.45, 7) is 7.00. The zero-order valence-electron chi connectivity index (χ0n) is 8.02. The molecule has 12 heavy (non-hydrogen) atoms. The maximum Gasteiger partial charge on any atom is 0.0711 e. The molecular formula is C6H21ClN2O3. The van der Waals surface area contributed by atoms with Crippen LogP contribution in [0.25, 0.3) is 0 Å². The average Bonchev–Trinajstić information content (AvgIpc) is 1.65. The Kier molecular flexibility index (Phi) is 114. The first-order valence-electron chi connectivity index (χ1n) is 3.32. The number of carboxylic acids is 1. The van der Waals surface area contributed by atoms with Crippen LogP contribution in [0, 0.1) is 0 Å². The van der Waals surface area contributed by atoms with Crippen molar-refractivity contribution in [1.82, 2.24) is 0 Å². The number of halogens is 1. The van der Waals surface area contributed by atoms with Gasteiger partial charge < -0.3 is 39.3 Å².